The number of benzene rings is 3. The fourth-order valence-corrected chi connectivity index (χ4v) is 4.50. The summed E-state index contributed by atoms with van der Waals surface area (Å²) >= 11 is 3.43. The fraction of sp³-hybridized carbons (Fsp3) is 0.172. The van der Waals surface area contributed by atoms with E-state index in [0.29, 0.717) is 45.1 Å². The number of carbonyl (C=O) groups is 2. The number of hydrogen-bond donors (Lipinski definition) is 2. The largest absolute Gasteiger partial charge is 0.490 e. The maximum Gasteiger partial charge on any atom is 0.329 e. The van der Waals surface area contributed by atoms with Crippen LogP contribution in [-0.4, -0.2) is 34.0 Å². The van der Waals surface area contributed by atoms with E-state index < -0.39 is 17.4 Å². The van der Waals surface area contributed by atoms with E-state index in [0.717, 1.165) is 0 Å². The summed E-state index contributed by atoms with van der Waals surface area (Å²) in [6.07, 6.45) is 1.31. The van der Waals surface area contributed by atoms with Crippen LogP contribution in [0, 0.1) is 12.7 Å². The molecule has 212 valence electrons. The normalized spacial score (nSPS) is 11.0. The molecule has 4 rings (SSSR count). The molecule has 3 aromatic carbocycles. The second-order valence-electron chi connectivity index (χ2n) is 8.73. The Morgan fingerprint density at radius 3 is 2.46 bits per heavy atom. The molecule has 0 saturated heterocycles. The predicted molar refractivity (Wildman–Crippen MR) is 156 cm³/mol. The van der Waals surface area contributed by atoms with Gasteiger partial charge in [-0.3, -0.25) is 19.1 Å². The minimum Gasteiger partial charge on any atom is -0.490 e. The molecule has 12 heteroatoms. The van der Waals surface area contributed by atoms with Gasteiger partial charge in [-0.05, 0) is 65.7 Å². The van der Waals surface area contributed by atoms with E-state index >= 15 is 0 Å². The molecule has 0 radical (unpaired) electrons. The van der Waals surface area contributed by atoms with Gasteiger partial charge in [0.05, 0.1) is 28.7 Å². The summed E-state index contributed by atoms with van der Waals surface area (Å²) in [5, 5.41) is 6.24. The van der Waals surface area contributed by atoms with Crippen LogP contribution >= 0.6 is 15.9 Å². The summed E-state index contributed by atoms with van der Waals surface area (Å²) in [7, 11) is 1.68. The van der Waals surface area contributed by atoms with Crippen LogP contribution in [0.2, 0.25) is 0 Å². The number of hydrogen-bond acceptors (Lipinski definition) is 6. The van der Waals surface area contributed by atoms with Crippen LogP contribution in [0.1, 0.15) is 23.7 Å². The number of para-hydroxylation sites is 1. The quantitative estimate of drug-likeness (QED) is 0.162. The van der Waals surface area contributed by atoms with Gasteiger partial charge in [0, 0.05) is 12.6 Å². The van der Waals surface area contributed by atoms with Gasteiger partial charge in [0.1, 0.15) is 18.1 Å². The van der Waals surface area contributed by atoms with E-state index in [1.54, 1.807) is 80.2 Å². The zero-order chi connectivity index (χ0) is 29.5. The summed E-state index contributed by atoms with van der Waals surface area (Å²) in [5.41, 5.74) is 3.64. The summed E-state index contributed by atoms with van der Waals surface area (Å²) < 4.78 is 29.0. The third kappa shape index (κ3) is 6.72. The first kappa shape index (κ1) is 29.3. The van der Waals surface area contributed by atoms with Gasteiger partial charge in [0.15, 0.2) is 11.5 Å². The maximum atomic E-state index is 14.0. The Morgan fingerprint density at radius 1 is 1.05 bits per heavy atom. The van der Waals surface area contributed by atoms with Crippen molar-refractivity contribution in [3.8, 4) is 17.2 Å². The van der Waals surface area contributed by atoms with E-state index in [1.165, 1.54) is 17.0 Å². The minimum absolute atomic E-state index is 0.0126. The number of halogens is 2. The number of carbonyl (C=O) groups excluding carboxylic acids is 2. The van der Waals surface area contributed by atoms with Crippen LogP contribution in [0.3, 0.4) is 0 Å². The molecule has 0 fully saturated rings. The van der Waals surface area contributed by atoms with Gasteiger partial charge in [-0.2, -0.15) is 5.10 Å². The van der Waals surface area contributed by atoms with Crippen molar-refractivity contribution in [1.82, 2.24) is 14.8 Å². The Hall–Kier alpha value is -4.71. The Labute approximate surface area is 243 Å². The van der Waals surface area contributed by atoms with E-state index in [9.17, 15) is 18.8 Å². The molecular weight excluding hydrogens is 597 g/mol. The van der Waals surface area contributed by atoms with Crippen molar-refractivity contribution in [2.24, 2.45) is 12.1 Å². The van der Waals surface area contributed by atoms with Gasteiger partial charge < -0.3 is 14.8 Å². The predicted octanol–water partition coefficient (Wildman–Crippen LogP) is 4.45. The van der Waals surface area contributed by atoms with Gasteiger partial charge in [0.25, 0.3) is 5.56 Å². The third-order valence-electron chi connectivity index (χ3n) is 6.04. The molecule has 0 aliphatic rings. The number of amides is 2. The first-order valence-corrected chi connectivity index (χ1v) is 13.3. The molecule has 0 spiro atoms. The lowest BCUT2D eigenvalue weighted by atomic mass is 10.2. The summed E-state index contributed by atoms with van der Waals surface area (Å²) in [6.45, 7) is 3.79. The highest BCUT2D eigenvalue weighted by Gasteiger charge is 2.21. The van der Waals surface area contributed by atoms with Crippen molar-refractivity contribution in [3.05, 3.63) is 104 Å². The lowest BCUT2D eigenvalue weighted by Crippen LogP contribution is -2.34. The molecule has 0 aliphatic heterocycles. The SMILES string of the molecule is CCOc1cc(C=NNC(=O)C(=O)Nc2c(C)n(C)n(-c3ccccc3)c2=O)cc(Br)c1OCc1ccccc1F. The Bertz CT molecular complexity index is 1670. The smallest absolute Gasteiger partial charge is 0.329 e. The van der Waals surface area contributed by atoms with Crippen molar-refractivity contribution < 1.29 is 23.5 Å². The molecule has 1 heterocycles. The van der Waals surface area contributed by atoms with Crippen LogP contribution in [0.4, 0.5) is 10.1 Å². The highest BCUT2D eigenvalue weighted by atomic mass is 79.9. The van der Waals surface area contributed by atoms with Gasteiger partial charge in [-0.25, -0.2) is 14.5 Å². The zero-order valence-corrected chi connectivity index (χ0v) is 24.1. The van der Waals surface area contributed by atoms with E-state index in [1.807, 2.05) is 6.07 Å². The Kier molecular flexibility index (Phi) is 9.35. The molecule has 0 aliphatic carbocycles. The number of nitrogens with zero attached hydrogens (tertiary/aromatic N) is 3. The van der Waals surface area contributed by atoms with Crippen LogP contribution in [-0.2, 0) is 23.2 Å². The summed E-state index contributed by atoms with van der Waals surface area (Å²) in [5.74, 6) is -1.76. The molecule has 0 unspecified atom stereocenters. The fourth-order valence-electron chi connectivity index (χ4n) is 3.93. The van der Waals surface area contributed by atoms with E-state index in [2.05, 4.69) is 31.8 Å². The number of rotatable bonds is 9. The van der Waals surface area contributed by atoms with Crippen LogP contribution < -0.4 is 25.8 Å². The second-order valence-corrected chi connectivity index (χ2v) is 9.59. The lowest BCUT2D eigenvalue weighted by Gasteiger charge is -2.15. The van der Waals surface area contributed by atoms with Gasteiger partial charge in [0.2, 0.25) is 0 Å². The molecule has 0 bridgehead atoms. The maximum absolute atomic E-state index is 14.0. The average Bonchev–Trinajstić information content (AvgIpc) is 3.16. The molecule has 2 amide bonds. The topological polar surface area (TPSA) is 116 Å². The van der Waals surface area contributed by atoms with Crippen LogP contribution in [0.5, 0.6) is 11.5 Å². The number of nitrogens with one attached hydrogen (secondary N) is 2. The molecule has 0 atom stereocenters. The zero-order valence-electron chi connectivity index (χ0n) is 22.5. The highest BCUT2D eigenvalue weighted by molar-refractivity contribution is 9.10. The molecule has 4 aromatic rings. The first-order valence-electron chi connectivity index (χ1n) is 12.5. The molecule has 41 heavy (non-hydrogen) atoms. The third-order valence-corrected chi connectivity index (χ3v) is 6.63. The number of aromatic nitrogens is 2. The first-order chi connectivity index (χ1) is 19.7. The Balaban J connectivity index is 1.44. The van der Waals surface area contributed by atoms with Crippen molar-refractivity contribution in [2.75, 3.05) is 11.9 Å². The number of hydrazone groups is 1. The van der Waals surface area contributed by atoms with Crippen molar-refractivity contribution >= 4 is 39.6 Å². The highest BCUT2D eigenvalue weighted by Crippen LogP contribution is 2.37. The minimum atomic E-state index is -1.07. The van der Waals surface area contributed by atoms with Gasteiger partial charge in [-0.1, -0.05) is 36.4 Å². The molecule has 2 N–H and O–H groups in total. The summed E-state index contributed by atoms with van der Waals surface area (Å²) in [4.78, 5) is 37.9. The average molecular weight is 624 g/mol. The molecule has 10 nitrogen and oxygen atoms in total. The van der Waals surface area contributed by atoms with Crippen LogP contribution in [0.25, 0.3) is 5.69 Å². The van der Waals surface area contributed by atoms with Crippen molar-refractivity contribution in [1.29, 1.82) is 0 Å². The van der Waals surface area contributed by atoms with Gasteiger partial charge in [-0.15, -0.1) is 0 Å². The number of ether oxygens (including phenoxy) is 2. The summed E-state index contributed by atoms with van der Waals surface area (Å²) in [6, 6.07) is 18.5. The molecule has 0 saturated carbocycles. The van der Waals surface area contributed by atoms with Crippen molar-refractivity contribution in [2.45, 2.75) is 20.5 Å². The Morgan fingerprint density at radius 2 is 1.76 bits per heavy atom. The second kappa shape index (κ2) is 13.1. The van der Waals surface area contributed by atoms with Crippen LogP contribution in [0.15, 0.2) is 81.1 Å². The molecular formula is C29H27BrFN5O5. The lowest BCUT2D eigenvalue weighted by molar-refractivity contribution is -0.136. The monoisotopic (exact) mass is 623 g/mol. The van der Waals surface area contributed by atoms with Crippen molar-refractivity contribution in [3.63, 3.8) is 0 Å². The number of anilines is 1. The molecule has 1 aromatic heterocycles. The van der Waals surface area contributed by atoms with E-state index in [-0.39, 0.29) is 18.1 Å². The standard InChI is InChI=1S/C29H27BrFN5O5/c1-4-40-24-15-19(14-22(30)26(24)41-17-20-10-8-9-13-23(20)31)16-32-34-28(38)27(37)33-25-18(2)35(3)36(29(25)39)21-11-6-5-7-12-21/h5-16H,4,17H2,1-3H3,(H,33,37)(H,34,38). The van der Waals surface area contributed by atoms with E-state index in [4.69, 9.17) is 9.47 Å². The van der Waals surface area contributed by atoms with Gasteiger partial charge >= 0.3 is 11.8 Å².